The molecule has 72 heavy (non-hydrogen) atoms. The summed E-state index contributed by atoms with van der Waals surface area (Å²) in [5.41, 5.74) is 0. The lowest BCUT2D eigenvalue weighted by Crippen LogP contribution is -2.45. The van der Waals surface area contributed by atoms with E-state index in [2.05, 4.69) is 43.5 Å². The Morgan fingerprint density at radius 3 is 1.12 bits per heavy atom. The van der Waals surface area contributed by atoms with Crippen LogP contribution in [0.3, 0.4) is 0 Å². The molecule has 3 unspecified atom stereocenters. The number of hydrogen-bond donors (Lipinski definition) is 2. The van der Waals surface area contributed by atoms with Crippen LogP contribution in [-0.4, -0.2) is 68.5 Å². The van der Waals surface area contributed by atoms with Gasteiger partial charge in [0.05, 0.1) is 39.9 Å². The highest BCUT2D eigenvalue weighted by Gasteiger charge is 2.23. The zero-order valence-corrected chi connectivity index (χ0v) is 49.5. The molecule has 3 atom stereocenters. The van der Waals surface area contributed by atoms with Crippen LogP contribution in [0, 0.1) is 0 Å². The van der Waals surface area contributed by atoms with Crippen molar-refractivity contribution in [1.29, 1.82) is 0 Å². The molecule has 0 saturated carbocycles. The van der Waals surface area contributed by atoms with Crippen molar-refractivity contribution in [3.05, 3.63) is 36.5 Å². The molecule has 0 bridgehead atoms. The largest absolute Gasteiger partial charge is 0.756 e. The number of aliphatic hydroxyl groups is 1. The van der Waals surface area contributed by atoms with Crippen molar-refractivity contribution in [3.8, 4) is 0 Å². The second kappa shape index (κ2) is 54.5. The highest BCUT2D eigenvalue weighted by Crippen LogP contribution is 2.38. The van der Waals surface area contributed by atoms with E-state index in [1.807, 2.05) is 27.2 Å². The van der Waals surface area contributed by atoms with Crippen LogP contribution < -0.4 is 10.2 Å². The fraction of sp³-hybridized carbons (Fsp3) is 0.889. The van der Waals surface area contributed by atoms with Gasteiger partial charge in [-0.2, -0.15) is 0 Å². The molecule has 0 aromatic heterocycles. The van der Waals surface area contributed by atoms with E-state index in [1.165, 1.54) is 244 Å². The van der Waals surface area contributed by atoms with E-state index >= 15 is 0 Å². The van der Waals surface area contributed by atoms with Crippen molar-refractivity contribution in [2.75, 3.05) is 40.9 Å². The van der Waals surface area contributed by atoms with E-state index in [-0.39, 0.29) is 12.5 Å². The van der Waals surface area contributed by atoms with Gasteiger partial charge in [-0.15, -0.1) is 0 Å². The molecule has 0 spiro atoms. The van der Waals surface area contributed by atoms with E-state index in [0.29, 0.717) is 17.4 Å². The van der Waals surface area contributed by atoms with E-state index in [0.717, 1.165) is 44.9 Å². The Balaban J connectivity index is 4.20. The van der Waals surface area contributed by atoms with Crippen molar-refractivity contribution >= 4 is 13.7 Å². The monoisotopic (exact) mass is 1030 g/mol. The molecular weight excluding hydrogens is 912 g/mol. The van der Waals surface area contributed by atoms with Crippen LogP contribution in [0.15, 0.2) is 36.5 Å². The Kier molecular flexibility index (Phi) is 53.5. The number of amides is 1. The quantitative estimate of drug-likeness (QED) is 0.0272. The zero-order valence-electron chi connectivity index (χ0n) is 48.6. The fourth-order valence-corrected chi connectivity index (χ4v) is 10.1. The number of quaternary nitrogens is 1. The minimum Gasteiger partial charge on any atom is -0.756 e. The van der Waals surface area contributed by atoms with Crippen molar-refractivity contribution in [2.24, 2.45) is 0 Å². The summed E-state index contributed by atoms with van der Waals surface area (Å²) in [7, 11) is 1.25. The molecular formula is C63H123N2O6P. The summed E-state index contributed by atoms with van der Waals surface area (Å²) in [6.07, 6.45) is 71.0. The fourth-order valence-electron chi connectivity index (χ4n) is 9.42. The molecule has 0 rings (SSSR count). The standard InChI is InChI=1S/C63H123N2O6P/c1-6-8-10-12-14-16-18-20-22-24-26-28-30-32-33-34-36-38-40-42-44-46-48-50-52-54-56-62(66)61(60-71-72(68,69)70-59-58-65(3,4)5)64-63(67)57-55-53-51-49-47-45-43-41-39-37-35-31-29-27-25-23-21-19-17-15-13-11-9-7-2/h38,40,46,48,54,56,61-62,66H,6-37,39,41-45,47,49-53,55,57-60H2,1-5H3,(H-,64,67,68,69)/b40-38+,48-46+,56-54+. The summed E-state index contributed by atoms with van der Waals surface area (Å²) in [6, 6.07) is -0.908. The first-order valence-electron chi connectivity index (χ1n) is 31.4. The summed E-state index contributed by atoms with van der Waals surface area (Å²) in [5.74, 6) is -0.205. The van der Waals surface area contributed by atoms with Crippen LogP contribution >= 0.6 is 7.82 Å². The summed E-state index contributed by atoms with van der Waals surface area (Å²) < 4.78 is 23.4. The van der Waals surface area contributed by atoms with Gasteiger partial charge in [0.2, 0.25) is 5.91 Å². The predicted octanol–water partition coefficient (Wildman–Crippen LogP) is 18.7. The molecule has 0 fully saturated rings. The molecule has 0 radical (unpaired) electrons. The summed E-state index contributed by atoms with van der Waals surface area (Å²) in [5, 5.41) is 13.9. The summed E-state index contributed by atoms with van der Waals surface area (Å²) in [4.78, 5) is 25.5. The van der Waals surface area contributed by atoms with Gasteiger partial charge in [-0.05, 0) is 44.9 Å². The molecule has 0 aromatic carbocycles. The Bertz CT molecular complexity index is 1270. The number of nitrogens with zero attached hydrogens (tertiary/aromatic N) is 1. The van der Waals surface area contributed by atoms with Gasteiger partial charge in [-0.25, -0.2) is 0 Å². The molecule has 426 valence electrons. The smallest absolute Gasteiger partial charge is 0.268 e. The number of unbranched alkanes of at least 4 members (excludes halogenated alkanes) is 41. The van der Waals surface area contributed by atoms with Crippen LogP contribution in [0.4, 0.5) is 0 Å². The van der Waals surface area contributed by atoms with Crippen LogP contribution in [0.1, 0.15) is 309 Å². The van der Waals surface area contributed by atoms with Crippen molar-refractivity contribution in [1.82, 2.24) is 5.32 Å². The normalized spacial score (nSPS) is 14.0. The second-order valence-corrected chi connectivity index (χ2v) is 24.2. The number of nitrogens with one attached hydrogen (secondary N) is 1. The van der Waals surface area contributed by atoms with Crippen LogP contribution in [0.2, 0.25) is 0 Å². The van der Waals surface area contributed by atoms with Crippen LogP contribution in [-0.2, 0) is 18.4 Å². The van der Waals surface area contributed by atoms with Gasteiger partial charge in [0, 0.05) is 6.42 Å². The maximum absolute atomic E-state index is 13.0. The first-order valence-corrected chi connectivity index (χ1v) is 32.8. The van der Waals surface area contributed by atoms with Gasteiger partial charge in [0.1, 0.15) is 13.2 Å². The highest BCUT2D eigenvalue weighted by molar-refractivity contribution is 7.45. The average molecular weight is 1040 g/mol. The number of likely N-dealkylation sites (N-methyl/N-ethyl adjacent to an activating group) is 1. The van der Waals surface area contributed by atoms with Crippen molar-refractivity contribution in [2.45, 2.75) is 321 Å². The second-order valence-electron chi connectivity index (χ2n) is 22.8. The Morgan fingerprint density at radius 1 is 0.472 bits per heavy atom. The molecule has 9 heteroatoms. The van der Waals surface area contributed by atoms with E-state index in [9.17, 15) is 19.4 Å². The molecule has 1 amide bonds. The first-order chi connectivity index (χ1) is 35.0. The molecule has 8 nitrogen and oxygen atoms in total. The summed E-state index contributed by atoms with van der Waals surface area (Å²) in [6.45, 7) is 4.67. The molecule has 2 N–H and O–H groups in total. The Labute approximate surface area is 448 Å². The lowest BCUT2D eigenvalue weighted by molar-refractivity contribution is -0.870. The van der Waals surface area contributed by atoms with Crippen molar-refractivity contribution in [3.63, 3.8) is 0 Å². The van der Waals surface area contributed by atoms with Gasteiger partial charge in [-0.1, -0.05) is 294 Å². The van der Waals surface area contributed by atoms with Gasteiger partial charge in [-0.3, -0.25) is 9.36 Å². The molecule has 0 heterocycles. The number of phosphoric ester groups is 1. The van der Waals surface area contributed by atoms with Gasteiger partial charge in [0.25, 0.3) is 7.82 Å². The number of phosphoric acid groups is 1. The summed E-state index contributed by atoms with van der Waals surface area (Å²) >= 11 is 0. The van der Waals surface area contributed by atoms with Gasteiger partial charge >= 0.3 is 0 Å². The molecule has 0 aliphatic carbocycles. The number of carbonyl (C=O) groups excluding carboxylic acids is 1. The zero-order chi connectivity index (χ0) is 52.7. The number of allylic oxidation sites excluding steroid dienone is 5. The van der Waals surface area contributed by atoms with Crippen LogP contribution in [0.25, 0.3) is 0 Å². The van der Waals surface area contributed by atoms with Gasteiger partial charge in [0.15, 0.2) is 0 Å². The molecule has 0 aromatic rings. The number of aliphatic hydroxyl groups excluding tert-OH is 1. The molecule has 0 aliphatic rings. The Morgan fingerprint density at radius 2 is 0.778 bits per heavy atom. The SMILES string of the molecule is CCCCCCCCCCCCCCCCCC/C=C/CC/C=C/CC/C=C/C(O)C(COP(=O)([O-])OCC[N+](C)(C)C)NC(=O)CCCCCCCCCCCCCCCCCCCCCCCCCC. The maximum Gasteiger partial charge on any atom is 0.268 e. The van der Waals surface area contributed by atoms with E-state index < -0.39 is 26.6 Å². The number of carbonyl (C=O) groups is 1. The third-order valence-corrected chi connectivity index (χ3v) is 15.3. The number of rotatable bonds is 58. The third kappa shape index (κ3) is 56.4. The van der Waals surface area contributed by atoms with Crippen molar-refractivity contribution < 1.29 is 32.9 Å². The third-order valence-electron chi connectivity index (χ3n) is 14.3. The molecule has 0 saturated heterocycles. The predicted molar refractivity (Wildman–Crippen MR) is 311 cm³/mol. The minimum absolute atomic E-state index is 0.00722. The number of hydrogen-bond acceptors (Lipinski definition) is 6. The lowest BCUT2D eigenvalue weighted by atomic mass is 10.0. The van der Waals surface area contributed by atoms with E-state index in [4.69, 9.17) is 9.05 Å². The minimum atomic E-state index is -4.61. The van der Waals surface area contributed by atoms with Gasteiger partial charge < -0.3 is 28.8 Å². The Hall–Kier alpha value is -1.28. The average Bonchev–Trinajstić information content (AvgIpc) is 3.34. The van der Waals surface area contributed by atoms with E-state index in [1.54, 1.807) is 6.08 Å². The first kappa shape index (κ1) is 70.7. The maximum atomic E-state index is 13.0. The topological polar surface area (TPSA) is 108 Å². The lowest BCUT2D eigenvalue weighted by Gasteiger charge is -2.29. The highest BCUT2D eigenvalue weighted by atomic mass is 31.2. The van der Waals surface area contributed by atoms with Crippen LogP contribution in [0.5, 0.6) is 0 Å². The molecule has 0 aliphatic heterocycles.